The maximum absolute atomic E-state index is 13.7. The van der Waals surface area contributed by atoms with Crippen LogP contribution in [0.3, 0.4) is 0 Å². The van der Waals surface area contributed by atoms with Crippen molar-refractivity contribution in [2.45, 2.75) is 19.3 Å². The van der Waals surface area contributed by atoms with Crippen molar-refractivity contribution in [3.05, 3.63) is 35.1 Å². The molecule has 3 rings (SSSR count). The van der Waals surface area contributed by atoms with Gasteiger partial charge in [-0.05, 0) is 30.5 Å². The molecule has 120 valence electrons. The van der Waals surface area contributed by atoms with Gasteiger partial charge in [0.05, 0.1) is 30.0 Å². The minimum atomic E-state index is -0.726. The Labute approximate surface area is 132 Å². The molecular weight excluding hydrogens is 301 g/mol. The number of esters is 1. The fourth-order valence-corrected chi connectivity index (χ4v) is 2.82. The van der Waals surface area contributed by atoms with Crippen LogP contribution in [0.4, 0.5) is 4.39 Å². The lowest BCUT2D eigenvalue weighted by atomic mass is 9.87. The van der Waals surface area contributed by atoms with E-state index in [4.69, 9.17) is 0 Å². The number of nitrogens with zero attached hydrogens (tertiary/aromatic N) is 2. The molecule has 0 spiro atoms. The van der Waals surface area contributed by atoms with Crippen molar-refractivity contribution in [2.24, 2.45) is 16.0 Å². The van der Waals surface area contributed by atoms with Crippen LogP contribution in [0.2, 0.25) is 0 Å². The van der Waals surface area contributed by atoms with E-state index in [1.165, 1.54) is 19.2 Å². The van der Waals surface area contributed by atoms with Crippen molar-refractivity contribution >= 4 is 23.3 Å². The fourth-order valence-electron chi connectivity index (χ4n) is 2.82. The lowest BCUT2D eigenvalue weighted by Crippen LogP contribution is -2.44. The summed E-state index contributed by atoms with van der Waals surface area (Å²) in [4.78, 5) is 27.9. The molecule has 1 amide bonds. The number of hydrogen-bond donors (Lipinski definition) is 1. The molecular formula is C16H16FN3O3. The number of aliphatic imine (C=N–C) groups is 1. The van der Waals surface area contributed by atoms with Crippen LogP contribution in [0.15, 0.2) is 28.3 Å². The summed E-state index contributed by atoms with van der Waals surface area (Å²) in [7, 11) is 1.20. The lowest BCUT2D eigenvalue weighted by Gasteiger charge is -2.26. The average Bonchev–Trinajstić information content (AvgIpc) is 2.58. The van der Waals surface area contributed by atoms with Gasteiger partial charge in [-0.1, -0.05) is 6.07 Å². The minimum Gasteiger partial charge on any atom is -0.465 e. The topological polar surface area (TPSA) is 80.1 Å². The highest BCUT2D eigenvalue weighted by molar-refractivity contribution is 6.47. The van der Waals surface area contributed by atoms with Crippen LogP contribution in [0.25, 0.3) is 0 Å². The first kappa shape index (κ1) is 15.3. The molecule has 0 aromatic heterocycles. The first-order chi connectivity index (χ1) is 11.1. The normalized spacial score (nSPS) is 20.1. The second-order valence-corrected chi connectivity index (χ2v) is 5.48. The van der Waals surface area contributed by atoms with Gasteiger partial charge >= 0.3 is 5.97 Å². The number of hydrogen-bond acceptors (Lipinski definition) is 5. The van der Waals surface area contributed by atoms with Crippen molar-refractivity contribution in [1.82, 2.24) is 5.43 Å². The van der Waals surface area contributed by atoms with Gasteiger partial charge in [0.25, 0.3) is 0 Å². The second-order valence-electron chi connectivity index (χ2n) is 5.48. The molecule has 0 saturated heterocycles. The summed E-state index contributed by atoms with van der Waals surface area (Å²) in [6, 6.07) is 4.25. The highest BCUT2D eigenvalue weighted by atomic mass is 19.1. The van der Waals surface area contributed by atoms with Crippen molar-refractivity contribution in [3.8, 4) is 0 Å². The number of rotatable bonds is 3. The van der Waals surface area contributed by atoms with Crippen LogP contribution in [0, 0.1) is 11.7 Å². The Morgan fingerprint density at radius 2 is 2.30 bits per heavy atom. The fraction of sp³-hybridized carbons (Fsp3) is 0.375. The number of amides is 1. The van der Waals surface area contributed by atoms with Crippen LogP contribution < -0.4 is 5.43 Å². The molecule has 23 heavy (non-hydrogen) atoms. The Hall–Kier alpha value is -2.57. The number of fused-ring (bicyclic) bond motifs is 1. The minimum absolute atomic E-state index is 0.118. The van der Waals surface area contributed by atoms with E-state index in [1.54, 1.807) is 6.07 Å². The molecule has 1 N–H and O–H groups in total. The van der Waals surface area contributed by atoms with Crippen LogP contribution in [0.5, 0.6) is 0 Å². The maximum atomic E-state index is 13.7. The highest BCUT2D eigenvalue weighted by Crippen LogP contribution is 2.21. The van der Waals surface area contributed by atoms with Gasteiger partial charge in [-0.25, -0.2) is 14.6 Å². The predicted octanol–water partition coefficient (Wildman–Crippen LogP) is 1.49. The third-order valence-electron chi connectivity index (χ3n) is 3.98. The molecule has 7 heteroatoms. The van der Waals surface area contributed by atoms with E-state index in [9.17, 15) is 14.0 Å². The Morgan fingerprint density at radius 3 is 3.09 bits per heavy atom. The molecule has 1 atom stereocenters. The SMILES string of the molecule is COC(=O)c1cc(CC2=NNC(=O)C3CCCN=C23)ccc1F. The van der Waals surface area contributed by atoms with Gasteiger partial charge in [-0.2, -0.15) is 5.10 Å². The van der Waals surface area contributed by atoms with Gasteiger partial charge < -0.3 is 4.74 Å². The average molecular weight is 317 g/mol. The second kappa shape index (κ2) is 6.28. The van der Waals surface area contributed by atoms with Gasteiger partial charge in [0.15, 0.2) is 0 Å². The van der Waals surface area contributed by atoms with Gasteiger partial charge in [-0.3, -0.25) is 9.79 Å². The predicted molar refractivity (Wildman–Crippen MR) is 82.0 cm³/mol. The van der Waals surface area contributed by atoms with Crippen molar-refractivity contribution in [1.29, 1.82) is 0 Å². The number of carbonyl (C=O) groups is 2. The molecule has 6 nitrogen and oxygen atoms in total. The van der Waals surface area contributed by atoms with Crippen LogP contribution in [-0.4, -0.2) is 37.0 Å². The van der Waals surface area contributed by atoms with E-state index in [-0.39, 0.29) is 17.4 Å². The molecule has 1 unspecified atom stereocenters. The molecule has 2 heterocycles. The van der Waals surface area contributed by atoms with Crippen molar-refractivity contribution < 1.29 is 18.7 Å². The number of methoxy groups -OCH3 is 1. The molecule has 1 aromatic carbocycles. The lowest BCUT2D eigenvalue weighted by molar-refractivity contribution is -0.123. The molecule has 0 aliphatic carbocycles. The van der Waals surface area contributed by atoms with Gasteiger partial charge in [0.2, 0.25) is 5.91 Å². The Morgan fingerprint density at radius 1 is 1.48 bits per heavy atom. The summed E-state index contributed by atoms with van der Waals surface area (Å²) < 4.78 is 18.3. The van der Waals surface area contributed by atoms with E-state index in [2.05, 4.69) is 20.3 Å². The summed E-state index contributed by atoms with van der Waals surface area (Å²) in [6.07, 6.45) is 1.98. The quantitative estimate of drug-likeness (QED) is 0.858. The van der Waals surface area contributed by atoms with Gasteiger partial charge in [-0.15, -0.1) is 0 Å². The van der Waals surface area contributed by atoms with Crippen molar-refractivity contribution in [3.63, 3.8) is 0 Å². The molecule has 0 radical (unpaired) electrons. The Kier molecular flexibility index (Phi) is 4.18. The zero-order chi connectivity index (χ0) is 16.4. The van der Waals surface area contributed by atoms with Crippen LogP contribution in [0.1, 0.15) is 28.8 Å². The summed E-state index contributed by atoms with van der Waals surface area (Å²) >= 11 is 0. The van der Waals surface area contributed by atoms with Crippen molar-refractivity contribution in [2.75, 3.05) is 13.7 Å². The monoisotopic (exact) mass is 317 g/mol. The van der Waals surface area contributed by atoms with E-state index in [0.717, 1.165) is 12.8 Å². The summed E-state index contributed by atoms with van der Waals surface area (Å²) in [6.45, 7) is 0.676. The Balaban J connectivity index is 1.88. The standard InChI is InChI=1S/C16H16FN3O3/c1-23-16(22)11-7-9(4-5-12(11)17)8-13-14-10(3-2-6-18-14)15(21)20-19-13/h4-5,7,10H,2-3,6,8H2,1H3,(H,20,21). The number of hydrazone groups is 1. The van der Waals surface area contributed by atoms with E-state index in [1.807, 2.05) is 0 Å². The third kappa shape index (κ3) is 2.99. The zero-order valence-corrected chi connectivity index (χ0v) is 12.6. The Bertz CT molecular complexity index is 727. The van der Waals surface area contributed by atoms with Gasteiger partial charge in [0, 0.05) is 13.0 Å². The number of carbonyl (C=O) groups excluding carboxylic acids is 2. The maximum Gasteiger partial charge on any atom is 0.340 e. The molecule has 0 bridgehead atoms. The van der Waals surface area contributed by atoms with E-state index in [0.29, 0.717) is 30.0 Å². The molecule has 2 aliphatic heterocycles. The number of halogens is 1. The first-order valence-corrected chi connectivity index (χ1v) is 7.38. The molecule has 0 fully saturated rings. The highest BCUT2D eigenvalue weighted by Gasteiger charge is 2.33. The number of ether oxygens (including phenoxy) is 1. The van der Waals surface area contributed by atoms with Crippen LogP contribution in [-0.2, 0) is 16.0 Å². The zero-order valence-electron chi connectivity index (χ0n) is 12.6. The van der Waals surface area contributed by atoms with E-state index < -0.39 is 11.8 Å². The smallest absolute Gasteiger partial charge is 0.340 e. The number of nitrogens with one attached hydrogen (secondary N) is 1. The largest absolute Gasteiger partial charge is 0.465 e. The summed E-state index contributed by atoms with van der Waals surface area (Å²) in [5.41, 5.74) is 4.45. The third-order valence-corrected chi connectivity index (χ3v) is 3.98. The van der Waals surface area contributed by atoms with E-state index >= 15 is 0 Å². The summed E-state index contributed by atoms with van der Waals surface area (Å²) in [5.74, 6) is -1.76. The molecule has 1 aromatic rings. The molecule has 0 saturated carbocycles. The molecule has 2 aliphatic rings. The van der Waals surface area contributed by atoms with Gasteiger partial charge in [0.1, 0.15) is 5.82 Å². The van der Waals surface area contributed by atoms with Crippen LogP contribution >= 0.6 is 0 Å². The summed E-state index contributed by atoms with van der Waals surface area (Å²) in [5, 5.41) is 4.08. The number of benzene rings is 1. The first-order valence-electron chi connectivity index (χ1n) is 7.38.